The van der Waals surface area contributed by atoms with E-state index in [1.165, 1.54) is 6.08 Å². The summed E-state index contributed by atoms with van der Waals surface area (Å²) in [6, 6.07) is 20.6. The molecule has 164 valence electrons. The Hall–Kier alpha value is -4.19. The zero-order chi connectivity index (χ0) is 22.9. The molecule has 5 rings (SSSR count). The van der Waals surface area contributed by atoms with Crippen molar-refractivity contribution < 1.29 is 13.9 Å². The van der Waals surface area contributed by atoms with Crippen molar-refractivity contribution in [3.8, 4) is 22.6 Å². The highest BCUT2D eigenvalue weighted by atomic mass is 19.1. The number of halogens is 1. The molecule has 0 saturated heterocycles. The largest absolute Gasteiger partial charge is 0.495 e. The minimum atomic E-state index is -0.870. The SMILES string of the molecule is COc1cc(/C=C(/F)C(=O)NC2c3ccccc3-c3ccccc32)ccc1-n1cnc(C)c1. The van der Waals surface area contributed by atoms with Crippen LogP contribution in [0.4, 0.5) is 4.39 Å². The van der Waals surface area contributed by atoms with Crippen molar-refractivity contribution in [3.05, 3.63) is 107 Å². The van der Waals surface area contributed by atoms with Crippen LogP contribution in [0.15, 0.2) is 85.1 Å². The second-order valence-electron chi connectivity index (χ2n) is 7.93. The van der Waals surface area contributed by atoms with Gasteiger partial charge in [0.25, 0.3) is 5.91 Å². The van der Waals surface area contributed by atoms with E-state index in [0.717, 1.165) is 33.6 Å². The summed E-state index contributed by atoms with van der Waals surface area (Å²) in [7, 11) is 1.55. The van der Waals surface area contributed by atoms with Gasteiger partial charge in [0.05, 0.1) is 30.9 Å². The number of nitrogens with one attached hydrogen (secondary N) is 1. The van der Waals surface area contributed by atoms with Gasteiger partial charge in [0.15, 0.2) is 5.83 Å². The molecule has 0 bridgehead atoms. The Morgan fingerprint density at radius 3 is 2.33 bits per heavy atom. The highest BCUT2D eigenvalue weighted by Gasteiger charge is 2.29. The summed E-state index contributed by atoms with van der Waals surface area (Å²) in [5.41, 5.74) is 6.20. The summed E-state index contributed by atoms with van der Waals surface area (Å²) in [5.74, 6) is -1.09. The highest BCUT2D eigenvalue weighted by molar-refractivity contribution is 5.97. The first-order valence-corrected chi connectivity index (χ1v) is 10.6. The van der Waals surface area contributed by atoms with E-state index < -0.39 is 17.8 Å². The van der Waals surface area contributed by atoms with Crippen molar-refractivity contribution in [3.63, 3.8) is 0 Å². The molecule has 1 aliphatic carbocycles. The second-order valence-corrected chi connectivity index (χ2v) is 7.93. The summed E-state index contributed by atoms with van der Waals surface area (Å²) in [4.78, 5) is 17.0. The Kier molecular flexibility index (Phi) is 5.26. The molecule has 1 aliphatic rings. The van der Waals surface area contributed by atoms with Gasteiger partial charge in [-0.15, -0.1) is 0 Å². The van der Waals surface area contributed by atoms with E-state index in [9.17, 15) is 9.18 Å². The number of methoxy groups -OCH3 is 1. The first-order chi connectivity index (χ1) is 16.0. The molecule has 0 unspecified atom stereocenters. The standard InChI is InChI=1S/C27H22FN3O2/c1-17-15-31(16-29-17)24-12-11-18(14-25(24)33-2)13-23(28)27(32)30-26-21-9-5-3-7-19(21)20-8-4-6-10-22(20)26/h3-16,26H,1-2H3,(H,30,32)/b23-13+. The fourth-order valence-electron chi connectivity index (χ4n) is 4.27. The van der Waals surface area contributed by atoms with Gasteiger partial charge in [-0.05, 0) is 52.9 Å². The Labute approximate surface area is 191 Å². The van der Waals surface area contributed by atoms with E-state index >= 15 is 0 Å². The maximum Gasteiger partial charge on any atom is 0.280 e. The third-order valence-corrected chi connectivity index (χ3v) is 5.81. The third-order valence-electron chi connectivity index (χ3n) is 5.81. The third kappa shape index (κ3) is 3.80. The quantitative estimate of drug-likeness (QED) is 0.425. The predicted octanol–water partition coefficient (Wildman–Crippen LogP) is 5.39. The van der Waals surface area contributed by atoms with Gasteiger partial charge < -0.3 is 14.6 Å². The van der Waals surface area contributed by atoms with Crippen LogP contribution in [0, 0.1) is 6.92 Å². The van der Waals surface area contributed by atoms with Crippen LogP contribution in [-0.2, 0) is 4.79 Å². The molecule has 6 heteroatoms. The van der Waals surface area contributed by atoms with Crippen LogP contribution < -0.4 is 10.1 Å². The van der Waals surface area contributed by atoms with E-state index in [4.69, 9.17) is 4.74 Å². The average Bonchev–Trinajstić information content (AvgIpc) is 3.41. The molecule has 1 N–H and O–H groups in total. The van der Waals surface area contributed by atoms with Gasteiger partial charge in [0, 0.05) is 6.20 Å². The lowest BCUT2D eigenvalue weighted by atomic mass is 10.1. The molecule has 0 fully saturated rings. The number of ether oxygens (including phenoxy) is 1. The average molecular weight is 439 g/mol. The van der Waals surface area contributed by atoms with E-state index in [-0.39, 0.29) is 0 Å². The number of hydrogen-bond acceptors (Lipinski definition) is 3. The van der Waals surface area contributed by atoms with Crippen LogP contribution in [0.1, 0.15) is 28.4 Å². The topological polar surface area (TPSA) is 56.1 Å². The summed E-state index contributed by atoms with van der Waals surface area (Å²) < 4.78 is 22.3. The molecule has 33 heavy (non-hydrogen) atoms. The van der Waals surface area contributed by atoms with Gasteiger partial charge in [0.1, 0.15) is 5.75 Å². The summed E-state index contributed by atoms with van der Waals surface area (Å²) in [5, 5.41) is 2.85. The molecule has 5 nitrogen and oxygen atoms in total. The van der Waals surface area contributed by atoms with Crippen LogP contribution in [0.5, 0.6) is 5.75 Å². The molecular weight excluding hydrogens is 417 g/mol. The van der Waals surface area contributed by atoms with Gasteiger partial charge in [-0.3, -0.25) is 4.79 Å². The number of nitrogens with zero attached hydrogens (tertiary/aromatic N) is 2. The first-order valence-electron chi connectivity index (χ1n) is 10.6. The van der Waals surface area contributed by atoms with Crippen LogP contribution in [0.3, 0.4) is 0 Å². The summed E-state index contributed by atoms with van der Waals surface area (Å²) in [6.07, 6.45) is 4.78. The number of aryl methyl sites for hydroxylation is 1. The lowest BCUT2D eigenvalue weighted by Crippen LogP contribution is -2.28. The van der Waals surface area contributed by atoms with E-state index in [1.807, 2.05) is 66.2 Å². The zero-order valence-corrected chi connectivity index (χ0v) is 18.2. The monoisotopic (exact) mass is 439 g/mol. The number of amides is 1. The molecule has 3 aromatic carbocycles. The fourth-order valence-corrected chi connectivity index (χ4v) is 4.27. The highest BCUT2D eigenvalue weighted by Crippen LogP contribution is 2.43. The van der Waals surface area contributed by atoms with Gasteiger partial charge in [0.2, 0.25) is 0 Å². The normalized spacial score (nSPS) is 12.9. The number of carbonyl (C=O) groups excluding carboxylic acids is 1. The van der Waals surface area contributed by atoms with Crippen LogP contribution >= 0.6 is 0 Å². The van der Waals surface area contributed by atoms with Gasteiger partial charge in [-0.1, -0.05) is 54.6 Å². The number of rotatable bonds is 5. The zero-order valence-electron chi connectivity index (χ0n) is 18.2. The molecular formula is C27H22FN3O2. The number of aromatic nitrogens is 2. The predicted molar refractivity (Wildman–Crippen MR) is 126 cm³/mol. The molecule has 1 aromatic heterocycles. The van der Waals surface area contributed by atoms with Crippen LogP contribution in [0.2, 0.25) is 0 Å². The Morgan fingerprint density at radius 2 is 1.73 bits per heavy atom. The molecule has 4 aromatic rings. The second kappa shape index (κ2) is 8.39. The van der Waals surface area contributed by atoms with Crippen molar-refractivity contribution in [2.75, 3.05) is 7.11 Å². The Balaban J connectivity index is 1.41. The smallest absolute Gasteiger partial charge is 0.280 e. The molecule has 0 aliphatic heterocycles. The molecule has 0 spiro atoms. The molecule has 0 saturated carbocycles. The maximum absolute atomic E-state index is 14.9. The minimum absolute atomic E-state index is 0.398. The lowest BCUT2D eigenvalue weighted by Gasteiger charge is -2.15. The molecule has 0 radical (unpaired) electrons. The van der Waals surface area contributed by atoms with Crippen molar-refractivity contribution >= 4 is 12.0 Å². The van der Waals surface area contributed by atoms with Crippen LogP contribution in [-0.4, -0.2) is 22.6 Å². The Bertz CT molecular complexity index is 1340. The number of carbonyl (C=O) groups is 1. The van der Waals surface area contributed by atoms with E-state index in [2.05, 4.69) is 10.3 Å². The Morgan fingerprint density at radius 1 is 1.06 bits per heavy atom. The summed E-state index contributed by atoms with van der Waals surface area (Å²) in [6.45, 7) is 1.90. The molecule has 1 heterocycles. The fraction of sp³-hybridized carbons (Fsp3) is 0.111. The first kappa shape index (κ1) is 20.7. The van der Waals surface area contributed by atoms with Gasteiger partial charge in [-0.25, -0.2) is 9.37 Å². The minimum Gasteiger partial charge on any atom is -0.495 e. The molecule has 0 atom stereocenters. The van der Waals surface area contributed by atoms with Crippen molar-refractivity contribution in [1.82, 2.24) is 14.9 Å². The van der Waals surface area contributed by atoms with E-state index in [1.54, 1.807) is 31.6 Å². The molecule has 1 amide bonds. The maximum atomic E-state index is 14.9. The van der Waals surface area contributed by atoms with Gasteiger partial charge >= 0.3 is 0 Å². The van der Waals surface area contributed by atoms with Gasteiger partial charge in [-0.2, -0.15) is 0 Å². The number of benzene rings is 3. The van der Waals surface area contributed by atoms with Crippen molar-refractivity contribution in [2.24, 2.45) is 0 Å². The van der Waals surface area contributed by atoms with Crippen molar-refractivity contribution in [1.29, 1.82) is 0 Å². The van der Waals surface area contributed by atoms with Crippen molar-refractivity contribution in [2.45, 2.75) is 13.0 Å². The van der Waals surface area contributed by atoms with E-state index in [0.29, 0.717) is 11.3 Å². The lowest BCUT2D eigenvalue weighted by molar-refractivity contribution is -0.119. The summed E-state index contributed by atoms with van der Waals surface area (Å²) >= 11 is 0. The number of fused-ring (bicyclic) bond motifs is 3. The van der Waals surface area contributed by atoms with Crippen LogP contribution in [0.25, 0.3) is 22.9 Å². The number of imidazole rings is 1. The number of hydrogen-bond donors (Lipinski definition) is 1.